The van der Waals surface area contributed by atoms with Crippen molar-refractivity contribution in [1.82, 2.24) is 4.90 Å². The fourth-order valence-electron chi connectivity index (χ4n) is 3.02. The lowest BCUT2D eigenvalue weighted by Gasteiger charge is -2.17. The molecule has 0 saturated carbocycles. The van der Waals surface area contributed by atoms with Crippen LogP contribution in [0.2, 0.25) is 0 Å². The number of nitrogens with two attached hydrogens (primary N) is 1. The Morgan fingerprint density at radius 1 is 0.964 bits per heavy atom. The van der Waals surface area contributed by atoms with Crippen LogP contribution < -0.4 is 9.86 Å². The van der Waals surface area contributed by atoms with Crippen molar-refractivity contribution in [2.24, 2.45) is 5.14 Å². The number of carbonyl (C=O) groups is 1. The first-order valence-corrected chi connectivity index (χ1v) is 11.7. The van der Waals surface area contributed by atoms with Gasteiger partial charge in [-0.2, -0.15) is 0 Å². The average molecular weight is 424 g/mol. The lowest BCUT2D eigenvalue weighted by atomic mass is 10.1. The third kappa shape index (κ3) is 4.34. The van der Waals surface area contributed by atoms with Crippen LogP contribution in [0.4, 0.5) is 5.69 Å². The molecule has 1 aliphatic heterocycles. The summed E-state index contributed by atoms with van der Waals surface area (Å²) in [6.45, 7) is 3.10. The van der Waals surface area contributed by atoms with Crippen LogP contribution >= 0.6 is 0 Å². The number of likely N-dealkylation sites (tertiary alicyclic amines) is 1. The lowest BCUT2D eigenvalue weighted by Crippen LogP contribution is -2.28. The minimum atomic E-state index is -3.96. The molecule has 1 saturated heterocycles. The molecule has 0 aromatic heterocycles. The second kappa shape index (κ2) is 7.53. The molecule has 0 unspecified atom stereocenters. The van der Waals surface area contributed by atoms with E-state index in [2.05, 4.69) is 4.72 Å². The van der Waals surface area contributed by atoms with Gasteiger partial charge >= 0.3 is 0 Å². The molecule has 1 fully saturated rings. The first-order chi connectivity index (χ1) is 13.1. The molecule has 0 aliphatic carbocycles. The zero-order valence-corrected chi connectivity index (χ0v) is 16.9. The van der Waals surface area contributed by atoms with Gasteiger partial charge in [-0.25, -0.2) is 22.0 Å². The molecule has 2 aromatic rings. The van der Waals surface area contributed by atoms with Gasteiger partial charge in [0.15, 0.2) is 0 Å². The van der Waals surface area contributed by atoms with Crippen LogP contribution in [0.5, 0.6) is 0 Å². The Morgan fingerprint density at radius 3 is 2.11 bits per heavy atom. The van der Waals surface area contributed by atoms with E-state index in [0.29, 0.717) is 24.2 Å². The molecule has 0 radical (unpaired) electrons. The lowest BCUT2D eigenvalue weighted by molar-refractivity contribution is 0.0792. The third-order valence-electron chi connectivity index (χ3n) is 4.58. The quantitative estimate of drug-likeness (QED) is 0.756. The SMILES string of the molecule is Cc1ccc(S(=O)(=O)Nc2ccc(S(N)(=O)=O)cc2)cc1C(=O)N1CCCC1. The Morgan fingerprint density at radius 2 is 1.54 bits per heavy atom. The van der Waals surface area contributed by atoms with Gasteiger partial charge in [-0.1, -0.05) is 6.07 Å². The van der Waals surface area contributed by atoms with E-state index in [9.17, 15) is 21.6 Å². The summed E-state index contributed by atoms with van der Waals surface area (Å²) >= 11 is 0. The van der Waals surface area contributed by atoms with Gasteiger partial charge in [0.25, 0.3) is 15.9 Å². The Hall–Kier alpha value is -2.43. The van der Waals surface area contributed by atoms with Crippen molar-refractivity contribution in [3.8, 4) is 0 Å². The molecule has 1 aliphatic rings. The molecule has 0 atom stereocenters. The summed E-state index contributed by atoms with van der Waals surface area (Å²) < 4.78 is 50.4. The fourth-order valence-corrected chi connectivity index (χ4v) is 4.62. The summed E-state index contributed by atoms with van der Waals surface area (Å²) in [5.41, 5.74) is 1.24. The summed E-state index contributed by atoms with van der Waals surface area (Å²) in [5, 5.41) is 5.03. The highest BCUT2D eigenvalue weighted by atomic mass is 32.2. The molecule has 10 heteroatoms. The summed E-state index contributed by atoms with van der Waals surface area (Å²) in [6.07, 6.45) is 1.89. The number of benzene rings is 2. The van der Waals surface area contributed by atoms with Gasteiger partial charge in [-0.3, -0.25) is 9.52 Å². The van der Waals surface area contributed by atoms with Crippen molar-refractivity contribution in [1.29, 1.82) is 0 Å². The zero-order chi connectivity index (χ0) is 20.5. The standard InChI is InChI=1S/C18H21N3O5S2/c1-13-4-7-16(12-17(13)18(22)21-10-2-3-11-21)28(25,26)20-14-5-8-15(9-6-14)27(19,23)24/h4-9,12,20H,2-3,10-11H2,1H3,(H2,19,23,24). The minimum Gasteiger partial charge on any atom is -0.339 e. The summed E-state index contributed by atoms with van der Waals surface area (Å²) in [7, 11) is -7.82. The zero-order valence-electron chi connectivity index (χ0n) is 15.3. The highest BCUT2D eigenvalue weighted by molar-refractivity contribution is 7.92. The van der Waals surface area contributed by atoms with Crippen molar-refractivity contribution < 1.29 is 21.6 Å². The van der Waals surface area contributed by atoms with E-state index in [1.165, 1.54) is 36.4 Å². The predicted molar refractivity (Wildman–Crippen MR) is 105 cm³/mol. The molecule has 150 valence electrons. The van der Waals surface area contributed by atoms with Crippen molar-refractivity contribution in [3.63, 3.8) is 0 Å². The second-order valence-corrected chi connectivity index (χ2v) is 9.89. The van der Waals surface area contributed by atoms with Crippen molar-refractivity contribution in [3.05, 3.63) is 53.6 Å². The van der Waals surface area contributed by atoms with Crippen molar-refractivity contribution in [2.45, 2.75) is 29.6 Å². The molecule has 0 bridgehead atoms. The van der Waals surface area contributed by atoms with Crippen molar-refractivity contribution >= 4 is 31.6 Å². The molecule has 3 rings (SSSR count). The molecule has 0 spiro atoms. The number of rotatable bonds is 5. The summed E-state index contributed by atoms with van der Waals surface area (Å²) in [4.78, 5) is 14.2. The number of carbonyl (C=O) groups excluding carboxylic acids is 1. The van der Waals surface area contributed by atoms with Crippen molar-refractivity contribution in [2.75, 3.05) is 17.8 Å². The highest BCUT2D eigenvalue weighted by Crippen LogP contribution is 2.22. The van der Waals surface area contributed by atoms with Gasteiger partial charge in [0, 0.05) is 24.3 Å². The monoisotopic (exact) mass is 423 g/mol. The van der Waals surface area contributed by atoms with Crippen LogP contribution in [-0.2, 0) is 20.0 Å². The van der Waals surface area contributed by atoms with E-state index in [-0.39, 0.29) is 21.4 Å². The Balaban J connectivity index is 1.87. The van der Waals surface area contributed by atoms with E-state index in [4.69, 9.17) is 5.14 Å². The van der Waals surface area contributed by atoms with E-state index >= 15 is 0 Å². The van der Waals surface area contributed by atoms with E-state index in [1.807, 2.05) is 0 Å². The maximum absolute atomic E-state index is 12.7. The number of sulfonamides is 2. The van der Waals surface area contributed by atoms with Gasteiger partial charge < -0.3 is 4.90 Å². The predicted octanol–water partition coefficient (Wildman–Crippen LogP) is 1.68. The summed E-state index contributed by atoms with van der Waals surface area (Å²) in [5.74, 6) is -0.176. The van der Waals surface area contributed by atoms with Gasteiger partial charge in [0.05, 0.1) is 9.79 Å². The number of aryl methyl sites for hydroxylation is 1. The number of amides is 1. The number of nitrogens with zero attached hydrogens (tertiary/aromatic N) is 1. The second-order valence-electron chi connectivity index (χ2n) is 6.65. The molecule has 1 amide bonds. The van der Waals surface area contributed by atoms with E-state index in [1.54, 1.807) is 17.9 Å². The fraction of sp³-hybridized carbons (Fsp3) is 0.278. The minimum absolute atomic E-state index is 0.0452. The first-order valence-electron chi connectivity index (χ1n) is 8.63. The smallest absolute Gasteiger partial charge is 0.261 e. The molecular formula is C18H21N3O5S2. The van der Waals surface area contributed by atoms with Crippen LogP contribution in [0.25, 0.3) is 0 Å². The molecule has 2 aromatic carbocycles. The van der Waals surface area contributed by atoms with E-state index < -0.39 is 20.0 Å². The number of primary sulfonamides is 1. The van der Waals surface area contributed by atoms with Crippen LogP contribution in [0, 0.1) is 6.92 Å². The average Bonchev–Trinajstić information content (AvgIpc) is 3.15. The van der Waals surface area contributed by atoms with Gasteiger partial charge in [0.1, 0.15) is 0 Å². The Labute approximate surface area is 164 Å². The molecule has 3 N–H and O–H groups in total. The molecule has 28 heavy (non-hydrogen) atoms. The third-order valence-corrected chi connectivity index (χ3v) is 6.89. The summed E-state index contributed by atoms with van der Waals surface area (Å²) in [6, 6.07) is 9.44. The largest absolute Gasteiger partial charge is 0.339 e. The number of hydrogen-bond acceptors (Lipinski definition) is 5. The van der Waals surface area contributed by atoms with Crippen LogP contribution in [0.1, 0.15) is 28.8 Å². The maximum Gasteiger partial charge on any atom is 0.261 e. The number of anilines is 1. The van der Waals surface area contributed by atoms with E-state index in [0.717, 1.165) is 12.8 Å². The highest BCUT2D eigenvalue weighted by Gasteiger charge is 2.23. The number of hydrogen-bond donors (Lipinski definition) is 2. The van der Waals surface area contributed by atoms with Gasteiger partial charge in [0.2, 0.25) is 10.0 Å². The van der Waals surface area contributed by atoms with Crippen LogP contribution in [-0.4, -0.2) is 40.7 Å². The van der Waals surface area contributed by atoms with Crippen LogP contribution in [0.3, 0.4) is 0 Å². The van der Waals surface area contributed by atoms with Gasteiger partial charge in [-0.15, -0.1) is 0 Å². The molecule has 1 heterocycles. The first kappa shape index (κ1) is 20.3. The Bertz CT molecular complexity index is 1100. The van der Waals surface area contributed by atoms with Gasteiger partial charge in [-0.05, 0) is 61.7 Å². The molecular weight excluding hydrogens is 402 g/mol. The number of nitrogens with one attached hydrogen (secondary N) is 1. The van der Waals surface area contributed by atoms with Crippen LogP contribution in [0.15, 0.2) is 52.3 Å². The maximum atomic E-state index is 12.7. The molecule has 8 nitrogen and oxygen atoms in total. The normalized spacial score (nSPS) is 14.9. The Kier molecular flexibility index (Phi) is 5.46. The topological polar surface area (TPSA) is 127 Å².